The summed E-state index contributed by atoms with van der Waals surface area (Å²) in [4.78, 5) is 10.6. The molecule has 0 spiro atoms. The highest BCUT2D eigenvalue weighted by molar-refractivity contribution is 5.53. The number of nitro benzene ring substituents is 1. The number of ether oxygens (including phenoxy) is 1. The van der Waals surface area contributed by atoms with Crippen molar-refractivity contribution < 1.29 is 14.8 Å². The second-order valence-electron chi connectivity index (χ2n) is 4.84. The Bertz CT molecular complexity index is 472. The summed E-state index contributed by atoms with van der Waals surface area (Å²) < 4.78 is 5.67. The first-order chi connectivity index (χ1) is 8.49. The van der Waals surface area contributed by atoms with Crippen molar-refractivity contribution in [1.29, 1.82) is 0 Å². The van der Waals surface area contributed by atoms with Crippen molar-refractivity contribution in [2.24, 2.45) is 0 Å². The average Bonchev–Trinajstić information content (AvgIpc) is 2.67. The molecule has 0 bridgehead atoms. The van der Waals surface area contributed by atoms with E-state index in [0.717, 1.165) is 24.0 Å². The van der Waals surface area contributed by atoms with Gasteiger partial charge in [-0.2, -0.15) is 0 Å². The minimum atomic E-state index is -0.523. The molecule has 0 radical (unpaired) electrons. The molecule has 5 nitrogen and oxygen atoms in total. The SMILES string of the molecule is Cc1cc(C)c(O[C@H]2CCC[C@@H]2O)c([N+](=O)[O-])c1. The van der Waals surface area contributed by atoms with E-state index in [1.165, 1.54) is 6.07 Å². The first kappa shape index (κ1) is 12.8. The van der Waals surface area contributed by atoms with Gasteiger partial charge < -0.3 is 9.84 Å². The lowest BCUT2D eigenvalue weighted by Crippen LogP contribution is -2.26. The lowest BCUT2D eigenvalue weighted by molar-refractivity contribution is -0.386. The zero-order valence-corrected chi connectivity index (χ0v) is 10.5. The fraction of sp³-hybridized carbons (Fsp3) is 0.538. The molecule has 1 aliphatic rings. The van der Waals surface area contributed by atoms with Gasteiger partial charge in [-0.25, -0.2) is 0 Å². The Labute approximate surface area is 106 Å². The molecule has 2 rings (SSSR count). The number of nitrogens with zero attached hydrogens (tertiary/aromatic N) is 1. The lowest BCUT2D eigenvalue weighted by Gasteiger charge is -2.18. The summed E-state index contributed by atoms with van der Waals surface area (Å²) in [6, 6.07) is 3.35. The molecule has 0 amide bonds. The summed E-state index contributed by atoms with van der Waals surface area (Å²) in [7, 11) is 0. The zero-order chi connectivity index (χ0) is 13.3. The highest BCUT2D eigenvalue weighted by atomic mass is 16.6. The van der Waals surface area contributed by atoms with Gasteiger partial charge in [0.15, 0.2) is 5.75 Å². The van der Waals surface area contributed by atoms with Gasteiger partial charge in [-0.05, 0) is 44.2 Å². The van der Waals surface area contributed by atoms with E-state index in [4.69, 9.17) is 4.74 Å². The van der Waals surface area contributed by atoms with Crippen molar-refractivity contribution in [3.05, 3.63) is 33.4 Å². The number of benzene rings is 1. The maximum atomic E-state index is 11.0. The Morgan fingerprint density at radius 1 is 1.39 bits per heavy atom. The Hall–Kier alpha value is -1.62. The highest BCUT2D eigenvalue weighted by Gasteiger charge is 2.30. The molecule has 1 N–H and O–H groups in total. The molecule has 1 saturated carbocycles. The van der Waals surface area contributed by atoms with Crippen molar-refractivity contribution >= 4 is 5.69 Å². The van der Waals surface area contributed by atoms with E-state index in [-0.39, 0.29) is 17.5 Å². The average molecular weight is 251 g/mol. The molecule has 18 heavy (non-hydrogen) atoms. The van der Waals surface area contributed by atoms with E-state index in [9.17, 15) is 15.2 Å². The predicted octanol–water partition coefficient (Wildman–Crippen LogP) is 2.50. The van der Waals surface area contributed by atoms with Gasteiger partial charge in [0.1, 0.15) is 6.10 Å². The summed E-state index contributed by atoms with van der Waals surface area (Å²) in [6.45, 7) is 3.60. The third kappa shape index (κ3) is 2.46. The minimum absolute atomic E-state index is 0.0217. The number of aliphatic hydroxyl groups is 1. The first-order valence-electron chi connectivity index (χ1n) is 6.09. The lowest BCUT2D eigenvalue weighted by atomic mass is 10.1. The van der Waals surface area contributed by atoms with E-state index in [0.29, 0.717) is 6.42 Å². The maximum absolute atomic E-state index is 11.0. The van der Waals surface area contributed by atoms with Gasteiger partial charge in [0, 0.05) is 6.07 Å². The van der Waals surface area contributed by atoms with Crippen LogP contribution in [0.3, 0.4) is 0 Å². The van der Waals surface area contributed by atoms with E-state index >= 15 is 0 Å². The Morgan fingerprint density at radius 3 is 2.67 bits per heavy atom. The van der Waals surface area contributed by atoms with Gasteiger partial charge in [0.25, 0.3) is 0 Å². The predicted molar refractivity (Wildman–Crippen MR) is 66.8 cm³/mol. The number of nitro groups is 1. The summed E-state index contributed by atoms with van der Waals surface area (Å²) >= 11 is 0. The fourth-order valence-electron chi connectivity index (χ4n) is 2.42. The molecular formula is C13H17NO4. The van der Waals surface area contributed by atoms with Crippen LogP contribution < -0.4 is 4.74 Å². The molecule has 1 aromatic carbocycles. The summed E-state index contributed by atoms with van der Waals surface area (Å²) in [6.07, 6.45) is 1.48. The largest absolute Gasteiger partial charge is 0.481 e. The summed E-state index contributed by atoms with van der Waals surface area (Å²) in [5.41, 5.74) is 1.55. The molecular weight excluding hydrogens is 234 g/mol. The van der Waals surface area contributed by atoms with E-state index in [1.807, 2.05) is 13.0 Å². The number of aliphatic hydroxyl groups excluding tert-OH is 1. The highest BCUT2D eigenvalue weighted by Crippen LogP contribution is 2.35. The number of aryl methyl sites for hydroxylation is 2. The van der Waals surface area contributed by atoms with Crippen molar-refractivity contribution in [3.63, 3.8) is 0 Å². The van der Waals surface area contributed by atoms with Crippen LogP contribution in [0.25, 0.3) is 0 Å². The topological polar surface area (TPSA) is 72.6 Å². The number of hydrogen-bond acceptors (Lipinski definition) is 4. The Balaban J connectivity index is 2.33. The Kier molecular flexibility index (Phi) is 3.52. The fourth-order valence-corrected chi connectivity index (χ4v) is 2.42. The van der Waals surface area contributed by atoms with Crippen LogP contribution in [0.1, 0.15) is 30.4 Å². The van der Waals surface area contributed by atoms with Crippen LogP contribution in [-0.4, -0.2) is 22.2 Å². The maximum Gasteiger partial charge on any atom is 0.311 e. The smallest absolute Gasteiger partial charge is 0.311 e. The monoisotopic (exact) mass is 251 g/mol. The van der Waals surface area contributed by atoms with Crippen LogP contribution in [0.2, 0.25) is 0 Å². The third-order valence-corrected chi connectivity index (χ3v) is 3.28. The van der Waals surface area contributed by atoms with Gasteiger partial charge in [-0.1, -0.05) is 6.07 Å². The zero-order valence-electron chi connectivity index (χ0n) is 10.5. The van der Waals surface area contributed by atoms with Gasteiger partial charge in [0.05, 0.1) is 11.0 Å². The van der Waals surface area contributed by atoms with E-state index in [1.54, 1.807) is 6.92 Å². The van der Waals surface area contributed by atoms with Gasteiger partial charge in [0.2, 0.25) is 0 Å². The third-order valence-electron chi connectivity index (χ3n) is 3.28. The normalized spacial score (nSPS) is 23.1. The molecule has 0 aromatic heterocycles. The molecule has 5 heteroatoms. The minimum Gasteiger partial charge on any atom is -0.481 e. The Morgan fingerprint density at radius 2 is 2.11 bits per heavy atom. The van der Waals surface area contributed by atoms with Crippen LogP contribution in [0.15, 0.2) is 12.1 Å². The van der Waals surface area contributed by atoms with Crippen molar-refractivity contribution in [2.45, 2.75) is 45.3 Å². The molecule has 0 aliphatic heterocycles. The summed E-state index contributed by atoms with van der Waals surface area (Å²) in [5, 5.41) is 20.8. The van der Waals surface area contributed by atoms with E-state index < -0.39 is 11.0 Å². The van der Waals surface area contributed by atoms with Crippen molar-refractivity contribution in [3.8, 4) is 5.75 Å². The summed E-state index contributed by atoms with van der Waals surface area (Å²) in [5.74, 6) is 0.288. The molecule has 0 unspecified atom stereocenters. The molecule has 1 fully saturated rings. The second-order valence-corrected chi connectivity index (χ2v) is 4.84. The molecule has 2 atom stereocenters. The molecule has 1 aliphatic carbocycles. The van der Waals surface area contributed by atoms with Gasteiger partial charge in [-0.3, -0.25) is 10.1 Å². The first-order valence-corrected chi connectivity index (χ1v) is 6.09. The van der Waals surface area contributed by atoms with E-state index in [2.05, 4.69) is 0 Å². The van der Waals surface area contributed by atoms with Crippen molar-refractivity contribution in [1.82, 2.24) is 0 Å². The van der Waals surface area contributed by atoms with Crippen LogP contribution in [0.4, 0.5) is 5.69 Å². The molecule has 98 valence electrons. The van der Waals surface area contributed by atoms with Crippen LogP contribution in [0, 0.1) is 24.0 Å². The van der Waals surface area contributed by atoms with Gasteiger partial charge in [-0.15, -0.1) is 0 Å². The second kappa shape index (κ2) is 4.94. The van der Waals surface area contributed by atoms with Gasteiger partial charge >= 0.3 is 5.69 Å². The number of hydrogen-bond donors (Lipinski definition) is 1. The molecule has 0 heterocycles. The number of rotatable bonds is 3. The van der Waals surface area contributed by atoms with Crippen LogP contribution in [-0.2, 0) is 0 Å². The van der Waals surface area contributed by atoms with Crippen molar-refractivity contribution in [2.75, 3.05) is 0 Å². The van der Waals surface area contributed by atoms with Crippen LogP contribution >= 0.6 is 0 Å². The quantitative estimate of drug-likeness (QED) is 0.661. The van der Waals surface area contributed by atoms with Crippen LogP contribution in [0.5, 0.6) is 5.75 Å². The molecule has 0 saturated heterocycles. The standard InChI is InChI=1S/C13H17NO4/c1-8-6-9(2)13(10(7-8)14(16)17)18-12-5-3-4-11(12)15/h6-7,11-12,15H,3-5H2,1-2H3/t11-,12-/m0/s1. The molecule has 1 aromatic rings.